The van der Waals surface area contributed by atoms with E-state index < -0.39 is 0 Å². The van der Waals surface area contributed by atoms with Gasteiger partial charge in [0.25, 0.3) is 5.91 Å². The lowest BCUT2D eigenvalue weighted by Gasteiger charge is -2.29. The summed E-state index contributed by atoms with van der Waals surface area (Å²) in [7, 11) is 1.60. The van der Waals surface area contributed by atoms with Gasteiger partial charge in [0, 0.05) is 24.3 Å². The quantitative estimate of drug-likeness (QED) is 0.897. The van der Waals surface area contributed by atoms with Crippen LogP contribution in [-0.2, 0) is 0 Å². The Balaban J connectivity index is 1.74. The van der Waals surface area contributed by atoms with Crippen LogP contribution < -0.4 is 19.7 Å². The van der Waals surface area contributed by atoms with Crippen molar-refractivity contribution in [2.75, 3.05) is 31.7 Å². The monoisotopic (exact) mass is 353 g/mol. The Morgan fingerprint density at radius 2 is 1.81 bits per heavy atom. The molecule has 3 rings (SSSR count). The van der Waals surface area contributed by atoms with Crippen LogP contribution in [0.15, 0.2) is 53.5 Å². The predicted molar refractivity (Wildman–Crippen MR) is 102 cm³/mol. The van der Waals surface area contributed by atoms with Crippen LogP contribution in [0, 0.1) is 0 Å². The van der Waals surface area contributed by atoms with Crippen molar-refractivity contribution in [3.05, 3.63) is 54.1 Å². The van der Waals surface area contributed by atoms with Crippen LogP contribution in [0.3, 0.4) is 0 Å². The Morgan fingerprint density at radius 3 is 2.46 bits per heavy atom. The Labute approximate surface area is 153 Å². The fraction of sp³-hybridized carbons (Fsp3) is 0.300. The zero-order valence-electron chi connectivity index (χ0n) is 15.1. The van der Waals surface area contributed by atoms with Crippen molar-refractivity contribution >= 4 is 17.6 Å². The smallest absolute Gasteiger partial charge is 0.257 e. The fourth-order valence-electron chi connectivity index (χ4n) is 2.77. The topological polar surface area (TPSA) is 63.2 Å². The normalized spacial score (nSPS) is 13.8. The van der Waals surface area contributed by atoms with Gasteiger partial charge in [-0.05, 0) is 61.9 Å². The summed E-state index contributed by atoms with van der Waals surface area (Å²) >= 11 is 0. The Hall–Kier alpha value is -3.02. The van der Waals surface area contributed by atoms with Crippen molar-refractivity contribution in [1.82, 2.24) is 5.32 Å². The van der Waals surface area contributed by atoms with Gasteiger partial charge in [-0.3, -0.25) is 15.1 Å². The average Bonchev–Trinajstić information content (AvgIpc) is 2.69. The number of benzene rings is 2. The minimum atomic E-state index is -0.191. The van der Waals surface area contributed by atoms with Gasteiger partial charge >= 0.3 is 0 Å². The van der Waals surface area contributed by atoms with Crippen molar-refractivity contribution in [1.29, 1.82) is 0 Å². The molecule has 0 aliphatic carbocycles. The molecular weight excluding hydrogens is 330 g/mol. The second kappa shape index (κ2) is 8.38. The van der Waals surface area contributed by atoms with Crippen molar-refractivity contribution in [2.24, 2.45) is 4.99 Å². The molecular formula is C20H23N3O3. The average molecular weight is 353 g/mol. The van der Waals surface area contributed by atoms with Gasteiger partial charge in [0.1, 0.15) is 11.5 Å². The molecule has 0 unspecified atom stereocenters. The maximum Gasteiger partial charge on any atom is 0.257 e. The Morgan fingerprint density at radius 1 is 1.12 bits per heavy atom. The van der Waals surface area contributed by atoms with Gasteiger partial charge in [-0.15, -0.1) is 0 Å². The first-order valence-electron chi connectivity index (χ1n) is 8.71. The molecule has 0 atom stereocenters. The fourth-order valence-corrected chi connectivity index (χ4v) is 2.77. The number of amides is 1. The number of hydrogen-bond donors (Lipinski definition) is 1. The van der Waals surface area contributed by atoms with Gasteiger partial charge in [-0.1, -0.05) is 0 Å². The standard InChI is InChI=1S/C20H23N3O3/c1-3-26-18-11-7-16(8-12-18)23-14-4-13-21-20(23)22-19(24)15-5-9-17(25-2)10-6-15/h5-12H,3-4,13-14H2,1-2H3,(H,21,22,24). The summed E-state index contributed by atoms with van der Waals surface area (Å²) in [4.78, 5) is 19.1. The zero-order chi connectivity index (χ0) is 18.4. The molecule has 2 aromatic rings. The van der Waals surface area contributed by atoms with Gasteiger partial charge in [-0.25, -0.2) is 0 Å². The van der Waals surface area contributed by atoms with Crippen LogP contribution in [0.25, 0.3) is 0 Å². The number of aliphatic imine (C=N–C) groups is 1. The minimum Gasteiger partial charge on any atom is -0.497 e. The molecule has 0 bridgehead atoms. The lowest BCUT2D eigenvalue weighted by molar-refractivity contribution is 0.0976. The highest BCUT2D eigenvalue weighted by atomic mass is 16.5. The number of carbonyl (C=O) groups excluding carboxylic acids is 1. The van der Waals surface area contributed by atoms with E-state index in [9.17, 15) is 4.79 Å². The molecule has 2 aromatic carbocycles. The molecule has 0 spiro atoms. The largest absolute Gasteiger partial charge is 0.497 e. The molecule has 1 aliphatic rings. The first kappa shape index (κ1) is 17.8. The minimum absolute atomic E-state index is 0.191. The lowest BCUT2D eigenvalue weighted by Crippen LogP contribution is -2.47. The van der Waals surface area contributed by atoms with Crippen LogP contribution in [0.4, 0.5) is 5.69 Å². The van der Waals surface area contributed by atoms with E-state index in [1.54, 1.807) is 31.4 Å². The number of carbonyl (C=O) groups is 1. The SMILES string of the molecule is CCOc1ccc(N2CCCN=C2NC(=O)c2ccc(OC)cc2)cc1. The zero-order valence-corrected chi connectivity index (χ0v) is 15.1. The van der Waals surface area contributed by atoms with E-state index in [1.165, 1.54) is 0 Å². The van der Waals surface area contributed by atoms with Crippen LogP contribution in [-0.4, -0.2) is 38.7 Å². The number of nitrogens with zero attached hydrogens (tertiary/aromatic N) is 2. The van der Waals surface area contributed by atoms with E-state index in [0.29, 0.717) is 30.4 Å². The third kappa shape index (κ3) is 4.14. The number of guanidine groups is 1. The molecule has 0 aromatic heterocycles. The molecule has 6 heteroatoms. The summed E-state index contributed by atoms with van der Waals surface area (Å²) in [5.74, 6) is 1.92. The molecule has 1 amide bonds. The van der Waals surface area contributed by atoms with Crippen LogP contribution in [0.5, 0.6) is 11.5 Å². The number of nitrogens with one attached hydrogen (secondary N) is 1. The van der Waals surface area contributed by atoms with Crippen LogP contribution >= 0.6 is 0 Å². The van der Waals surface area contributed by atoms with Crippen LogP contribution in [0.1, 0.15) is 23.7 Å². The Bertz CT molecular complexity index is 770. The molecule has 1 heterocycles. The molecule has 0 saturated carbocycles. The summed E-state index contributed by atoms with van der Waals surface area (Å²) in [6, 6.07) is 14.8. The van der Waals surface area contributed by atoms with Crippen molar-refractivity contribution in [3.63, 3.8) is 0 Å². The van der Waals surface area contributed by atoms with E-state index in [0.717, 1.165) is 24.4 Å². The van der Waals surface area contributed by atoms with Gasteiger partial charge in [0.05, 0.1) is 13.7 Å². The van der Waals surface area contributed by atoms with Gasteiger partial charge in [-0.2, -0.15) is 0 Å². The van der Waals surface area contributed by atoms with Gasteiger partial charge in [0.15, 0.2) is 0 Å². The highest BCUT2D eigenvalue weighted by Gasteiger charge is 2.20. The molecule has 0 saturated heterocycles. The second-order valence-corrected chi connectivity index (χ2v) is 5.82. The third-order valence-corrected chi connectivity index (χ3v) is 4.09. The van der Waals surface area contributed by atoms with Gasteiger partial charge in [0.2, 0.25) is 5.96 Å². The van der Waals surface area contributed by atoms with Gasteiger partial charge < -0.3 is 14.4 Å². The predicted octanol–water partition coefficient (Wildman–Crippen LogP) is 3.09. The molecule has 26 heavy (non-hydrogen) atoms. The van der Waals surface area contributed by atoms with E-state index in [1.807, 2.05) is 36.1 Å². The molecule has 0 radical (unpaired) electrons. The second-order valence-electron chi connectivity index (χ2n) is 5.82. The number of methoxy groups -OCH3 is 1. The number of hydrogen-bond acceptors (Lipinski definition) is 5. The van der Waals surface area contributed by atoms with Crippen LogP contribution in [0.2, 0.25) is 0 Å². The molecule has 6 nitrogen and oxygen atoms in total. The first-order valence-corrected chi connectivity index (χ1v) is 8.71. The molecule has 136 valence electrons. The van der Waals surface area contributed by atoms with Crippen molar-refractivity contribution < 1.29 is 14.3 Å². The number of ether oxygens (including phenoxy) is 2. The Kier molecular flexibility index (Phi) is 5.73. The van der Waals surface area contributed by atoms with E-state index in [2.05, 4.69) is 10.3 Å². The molecule has 0 fully saturated rings. The number of anilines is 1. The highest BCUT2D eigenvalue weighted by molar-refractivity contribution is 6.11. The summed E-state index contributed by atoms with van der Waals surface area (Å²) < 4.78 is 10.6. The number of rotatable bonds is 5. The van der Waals surface area contributed by atoms with E-state index in [-0.39, 0.29) is 5.91 Å². The maximum atomic E-state index is 12.5. The summed E-state index contributed by atoms with van der Waals surface area (Å²) in [6.07, 6.45) is 0.940. The molecule has 1 N–H and O–H groups in total. The third-order valence-electron chi connectivity index (χ3n) is 4.09. The summed E-state index contributed by atoms with van der Waals surface area (Å²) in [5, 5.41) is 2.93. The van der Waals surface area contributed by atoms with E-state index in [4.69, 9.17) is 9.47 Å². The summed E-state index contributed by atoms with van der Waals surface area (Å²) in [6.45, 7) is 4.09. The summed E-state index contributed by atoms with van der Waals surface area (Å²) in [5.41, 5.74) is 1.53. The van der Waals surface area contributed by atoms with Crippen molar-refractivity contribution in [3.8, 4) is 11.5 Å². The van der Waals surface area contributed by atoms with Crippen molar-refractivity contribution in [2.45, 2.75) is 13.3 Å². The maximum absolute atomic E-state index is 12.5. The highest BCUT2D eigenvalue weighted by Crippen LogP contribution is 2.21. The molecule has 1 aliphatic heterocycles. The van der Waals surface area contributed by atoms with E-state index >= 15 is 0 Å². The lowest BCUT2D eigenvalue weighted by atomic mass is 10.2. The first-order chi connectivity index (χ1) is 12.7.